The van der Waals surface area contributed by atoms with Crippen LogP contribution in [0.2, 0.25) is 0 Å². The van der Waals surface area contributed by atoms with Gasteiger partial charge in [0.25, 0.3) is 0 Å². The highest BCUT2D eigenvalue weighted by molar-refractivity contribution is 9.09. The lowest BCUT2D eigenvalue weighted by molar-refractivity contribution is 0.0529. The molecule has 1 heterocycles. The maximum atomic E-state index is 11.4. The van der Waals surface area contributed by atoms with E-state index in [1.165, 1.54) is 0 Å². The normalized spacial score (nSPS) is 25.2. The van der Waals surface area contributed by atoms with Crippen LogP contribution in [-0.4, -0.2) is 46.6 Å². The highest BCUT2D eigenvalue weighted by Gasteiger charge is 2.27. The minimum Gasteiger partial charge on any atom is -0.444 e. The van der Waals surface area contributed by atoms with Crippen molar-refractivity contribution in [3.63, 3.8) is 0 Å². The molecule has 1 amide bonds. The second kappa shape index (κ2) is 7.38. The lowest BCUT2D eigenvalue weighted by Gasteiger charge is -2.19. The molecule has 5 nitrogen and oxygen atoms in total. The third kappa shape index (κ3) is 6.51. The van der Waals surface area contributed by atoms with Gasteiger partial charge in [-0.15, -0.1) is 0 Å². The van der Waals surface area contributed by atoms with E-state index in [-0.39, 0.29) is 0 Å². The predicted octanol–water partition coefficient (Wildman–Crippen LogP) is 2.36. The van der Waals surface area contributed by atoms with Crippen molar-refractivity contribution in [1.82, 2.24) is 10.6 Å². The molecular weight excluding hydrogens is 330 g/mol. The van der Waals surface area contributed by atoms with E-state index in [1.807, 2.05) is 20.8 Å². The summed E-state index contributed by atoms with van der Waals surface area (Å²) in [4.78, 5) is 15.8. The van der Waals surface area contributed by atoms with E-state index in [9.17, 15) is 4.79 Å². The number of amidine groups is 1. The number of carbonyl (C=O) groups is 1. The molecule has 0 aliphatic carbocycles. The average molecular weight is 352 g/mol. The van der Waals surface area contributed by atoms with Crippen molar-refractivity contribution in [2.75, 3.05) is 18.4 Å². The van der Waals surface area contributed by atoms with Gasteiger partial charge < -0.3 is 15.4 Å². The summed E-state index contributed by atoms with van der Waals surface area (Å²) < 4.78 is 5.14. The quantitative estimate of drug-likeness (QED) is 0.602. The summed E-state index contributed by atoms with van der Waals surface area (Å²) in [6.07, 6.45) is -0.397. The van der Waals surface area contributed by atoms with Crippen molar-refractivity contribution in [2.24, 2.45) is 4.99 Å². The van der Waals surface area contributed by atoms with Crippen molar-refractivity contribution in [1.29, 1.82) is 0 Å². The van der Waals surface area contributed by atoms with Crippen molar-refractivity contribution in [3.05, 3.63) is 0 Å². The summed E-state index contributed by atoms with van der Waals surface area (Å²) in [5.74, 6) is 0. The molecule has 1 fully saturated rings. The molecule has 1 rings (SSSR count). The Morgan fingerprint density at radius 1 is 1.58 bits per heavy atom. The monoisotopic (exact) mass is 351 g/mol. The van der Waals surface area contributed by atoms with E-state index in [4.69, 9.17) is 4.74 Å². The Balaban J connectivity index is 2.22. The largest absolute Gasteiger partial charge is 0.444 e. The fourth-order valence-corrected chi connectivity index (χ4v) is 3.44. The van der Waals surface area contributed by atoms with Gasteiger partial charge in [-0.3, -0.25) is 4.99 Å². The van der Waals surface area contributed by atoms with E-state index >= 15 is 0 Å². The summed E-state index contributed by atoms with van der Waals surface area (Å²) in [7, 11) is 0. The zero-order valence-electron chi connectivity index (χ0n) is 11.8. The van der Waals surface area contributed by atoms with Crippen molar-refractivity contribution in [3.8, 4) is 0 Å². The van der Waals surface area contributed by atoms with Crippen LogP contribution in [0.15, 0.2) is 4.99 Å². The third-order valence-electron chi connectivity index (χ3n) is 2.36. The Kier molecular flexibility index (Phi) is 6.46. The number of alkyl halides is 1. The Morgan fingerprint density at radius 3 is 2.79 bits per heavy atom. The number of nitrogens with one attached hydrogen (secondary N) is 2. The van der Waals surface area contributed by atoms with Crippen LogP contribution in [0.3, 0.4) is 0 Å². The molecule has 0 spiro atoms. The average Bonchev–Trinajstić information content (AvgIpc) is 2.63. The van der Waals surface area contributed by atoms with Gasteiger partial charge >= 0.3 is 6.09 Å². The van der Waals surface area contributed by atoms with Gasteiger partial charge in [-0.1, -0.05) is 27.7 Å². The first-order valence-corrected chi connectivity index (χ1v) is 8.32. The smallest absolute Gasteiger partial charge is 0.407 e. The highest BCUT2D eigenvalue weighted by Crippen LogP contribution is 2.24. The van der Waals surface area contributed by atoms with Crippen molar-refractivity contribution < 1.29 is 9.53 Å². The summed E-state index contributed by atoms with van der Waals surface area (Å²) >= 11 is 5.22. The number of aliphatic imine (C=N–C) groups is 1. The minimum absolute atomic E-state index is 0.397. The summed E-state index contributed by atoms with van der Waals surface area (Å²) in [5.41, 5.74) is -0.461. The number of thioether (sulfide) groups is 1. The molecule has 2 N–H and O–H groups in total. The molecule has 7 heteroatoms. The van der Waals surface area contributed by atoms with Crippen LogP contribution >= 0.6 is 27.7 Å². The van der Waals surface area contributed by atoms with Crippen LogP contribution in [0.5, 0.6) is 0 Å². The lowest BCUT2D eigenvalue weighted by atomic mass is 10.2. The fraction of sp³-hybridized carbons (Fsp3) is 0.833. The van der Waals surface area contributed by atoms with Crippen LogP contribution in [-0.2, 0) is 4.74 Å². The number of hydrogen-bond acceptors (Lipinski definition) is 4. The number of carbonyl (C=O) groups excluding carboxylic acids is 1. The molecule has 19 heavy (non-hydrogen) atoms. The van der Waals surface area contributed by atoms with Gasteiger partial charge in [0.05, 0.1) is 6.54 Å². The predicted molar refractivity (Wildman–Crippen MR) is 84.3 cm³/mol. The Hall–Kier alpha value is -0.430. The third-order valence-corrected chi connectivity index (χ3v) is 4.83. The molecule has 0 saturated carbocycles. The standard InChI is InChI=1S/C12H22BrN3O2S/c1-8-9(7-13)19-10(16-8)14-5-6-15-11(17)18-12(2,3)4/h8-9H,5-7H2,1-4H3,(H,14,16)(H,15,17). The van der Waals surface area contributed by atoms with E-state index < -0.39 is 11.7 Å². The minimum atomic E-state index is -0.461. The lowest BCUT2D eigenvalue weighted by Crippen LogP contribution is -2.34. The first-order valence-electron chi connectivity index (χ1n) is 6.32. The van der Waals surface area contributed by atoms with Crippen LogP contribution in [0.4, 0.5) is 4.79 Å². The number of hydrogen-bond donors (Lipinski definition) is 2. The molecule has 1 aliphatic heterocycles. The summed E-state index contributed by atoms with van der Waals surface area (Å²) in [6.45, 7) is 8.69. The van der Waals surface area contributed by atoms with E-state index in [0.717, 1.165) is 10.5 Å². The molecule has 2 atom stereocenters. The molecule has 1 aliphatic rings. The molecule has 0 aromatic rings. The summed E-state index contributed by atoms with van der Waals surface area (Å²) in [6, 6.07) is 0.418. The number of amides is 1. The second-order valence-corrected chi connectivity index (χ2v) is 7.23. The van der Waals surface area contributed by atoms with Gasteiger partial charge in [-0.2, -0.15) is 0 Å². The van der Waals surface area contributed by atoms with Crippen LogP contribution in [0.1, 0.15) is 27.7 Å². The molecule has 0 aromatic carbocycles. The zero-order valence-corrected chi connectivity index (χ0v) is 14.2. The molecule has 0 aromatic heterocycles. The van der Waals surface area contributed by atoms with Gasteiger partial charge in [0.1, 0.15) is 5.60 Å². The second-order valence-electron chi connectivity index (χ2n) is 5.36. The Bertz CT molecular complexity index is 344. The number of ether oxygens (including phenoxy) is 1. The number of alkyl carbamates (subject to hydrolysis) is 1. The fourth-order valence-electron chi connectivity index (χ4n) is 1.44. The summed E-state index contributed by atoms with van der Waals surface area (Å²) in [5, 5.41) is 8.41. The van der Waals surface area contributed by atoms with Crippen LogP contribution in [0.25, 0.3) is 0 Å². The Labute approximate surface area is 127 Å². The van der Waals surface area contributed by atoms with E-state index in [1.54, 1.807) is 11.8 Å². The van der Waals surface area contributed by atoms with E-state index in [0.29, 0.717) is 24.4 Å². The maximum absolute atomic E-state index is 11.4. The zero-order chi connectivity index (χ0) is 14.5. The molecule has 110 valence electrons. The van der Waals surface area contributed by atoms with E-state index in [2.05, 4.69) is 38.5 Å². The molecule has 2 unspecified atom stereocenters. The topological polar surface area (TPSA) is 62.7 Å². The molecule has 1 saturated heterocycles. The van der Waals surface area contributed by atoms with Crippen molar-refractivity contribution in [2.45, 2.75) is 44.6 Å². The van der Waals surface area contributed by atoms with Crippen molar-refractivity contribution >= 4 is 39.0 Å². The highest BCUT2D eigenvalue weighted by atomic mass is 79.9. The molecule has 0 radical (unpaired) electrons. The first kappa shape index (κ1) is 16.6. The van der Waals surface area contributed by atoms with Gasteiger partial charge in [0.15, 0.2) is 5.17 Å². The number of rotatable bonds is 4. The molecule has 0 bridgehead atoms. The van der Waals surface area contributed by atoms with Gasteiger partial charge in [0.2, 0.25) is 0 Å². The van der Waals surface area contributed by atoms with Crippen LogP contribution in [0, 0.1) is 0 Å². The SMILES string of the molecule is CC1NC(=NCCNC(=O)OC(C)(C)C)SC1CBr. The number of nitrogens with zero attached hydrogens (tertiary/aromatic N) is 1. The van der Waals surface area contributed by atoms with Gasteiger partial charge in [-0.05, 0) is 27.7 Å². The maximum Gasteiger partial charge on any atom is 0.407 e. The van der Waals surface area contributed by atoms with Gasteiger partial charge in [0, 0.05) is 23.2 Å². The number of halogens is 1. The first-order chi connectivity index (χ1) is 8.81. The van der Waals surface area contributed by atoms with Gasteiger partial charge in [-0.25, -0.2) is 4.79 Å². The Morgan fingerprint density at radius 2 is 2.26 bits per heavy atom. The van der Waals surface area contributed by atoms with Crippen LogP contribution < -0.4 is 10.6 Å². The molecular formula is C12H22BrN3O2S.